The summed E-state index contributed by atoms with van der Waals surface area (Å²) in [6, 6.07) is 7.78. The van der Waals surface area contributed by atoms with E-state index in [1.807, 2.05) is 36.1 Å². The fraction of sp³-hybridized carbons (Fsp3) is 0.611. The van der Waals surface area contributed by atoms with E-state index >= 15 is 0 Å². The number of hydrogen-bond donors (Lipinski definition) is 0. The first-order chi connectivity index (χ1) is 11.0. The summed E-state index contributed by atoms with van der Waals surface area (Å²) in [6.07, 6.45) is 1.41. The Morgan fingerprint density at radius 2 is 2.00 bits per heavy atom. The SMILES string of the molecule is C[C@H]1CO[C@H](c2ccccc2Cl)CN1C(=O)C1(C)CCOCC1. The van der Waals surface area contributed by atoms with Crippen LogP contribution in [0.5, 0.6) is 0 Å². The fourth-order valence-corrected chi connectivity index (χ4v) is 3.60. The van der Waals surface area contributed by atoms with E-state index in [1.165, 1.54) is 0 Å². The number of nitrogens with zero attached hydrogens (tertiary/aromatic N) is 1. The van der Waals surface area contributed by atoms with Gasteiger partial charge in [-0.1, -0.05) is 36.7 Å². The lowest BCUT2D eigenvalue weighted by Crippen LogP contribution is -2.54. The second kappa shape index (κ2) is 6.80. The summed E-state index contributed by atoms with van der Waals surface area (Å²) in [5.74, 6) is 0.216. The van der Waals surface area contributed by atoms with Crippen LogP contribution in [-0.4, -0.2) is 43.2 Å². The quantitative estimate of drug-likeness (QED) is 0.829. The second-order valence-electron chi connectivity index (χ2n) is 6.82. The van der Waals surface area contributed by atoms with Crippen molar-refractivity contribution in [3.63, 3.8) is 0 Å². The molecule has 0 saturated carbocycles. The van der Waals surface area contributed by atoms with Crippen LogP contribution in [0.2, 0.25) is 5.02 Å². The molecular weight excluding hydrogens is 314 g/mol. The van der Waals surface area contributed by atoms with E-state index in [0.717, 1.165) is 18.4 Å². The molecule has 23 heavy (non-hydrogen) atoms. The minimum absolute atomic E-state index is 0.0842. The third-order valence-corrected chi connectivity index (χ3v) is 5.40. The molecule has 2 heterocycles. The van der Waals surface area contributed by atoms with Gasteiger partial charge >= 0.3 is 0 Å². The molecule has 0 bridgehead atoms. The van der Waals surface area contributed by atoms with E-state index < -0.39 is 0 Å². The molecule has 5 heteroatoms. The molecule has 1 amide bonds. The smallest absolute Gasteiger partial charge is 0.229 e. The summed E-state index contributed by atoms with van der Waals surface area (Å²) in [5.41, 5.74) is 0.630. The number of carbonyl (C=O) groups is 1. The van der Waals surface area contributed by atoms with Crippen molar-refractivity contribution >= 4 is 17.5 Å². The first kappa shape index (κ1) is 16.7. The zero-order valence-corrected chi connectivity index (χ0v) is 14.5. The number of rotatable bonds is 2. The molecule has 0 radical (unpaired) electrons. The standard InChI is InChI=1S/C18H24ClNO3/c1-13-12-23-16(14-5-3-4-6-15(14)19)11-20(13)17(21)18(2)7-9-22-10-8-18/h3-6,13,16H,7-12H2,1-2H3/t13-,16-/m0/s1. The van der Waals surface area contributed by atoms with Gasteiger partial charge in [-0.2, -0.15) is 0 Å². The molecule has 1 aromatic rings. The highest BCUT2D eigenvalue weighted by Gasteiger charge is 2.42. The van der Waals surface area contributed by atoms with Crippen LogP contribution in [0.1, 0.15) is 38.4 Å². The number of carbonyl (C=O) groups excluding carboxylic acids is 1. The first-order valence-electron chi connectivity index (χ1n) is 8.26. The fourth-order valence-electron chi connectivity index (χ4n) is 3.35. The van der Waals surface area contributed by atoms with Crippen LogP contribution in [0.15, 0.2) is 24.3 Å². The van der Waals surface area contributed by atoms with Gasteiger partial charge in [0.2, 0.25) is 5.91 Å². The molecule has 2 fully saturated rings. The molecule has 3 rings (SSSR count). The zero-order valence-electron chi connectivity index (χ0n) is 13.8. The summed E-state index contributed by atoms with van der Waals surface area (Å²) in [7, 11) is 0. The van der Waals surface area contributed by atoms with Crippen LogP contribution in [0.3, 0.4) is 0 Å². The van der Waals surface area contributed by atoms with Crippen molar-refractivity contribution < 1.29 is 14.3 Å². The van der Waals surface area contributed by atoms with Gasteiger partial charge in [0.15, 0.2) is 0 Å². The maximum absolute atomic E-state index is 13.1. The predicted molar refractivity (Wildman–Crippen MR) is 89.5 cm³/mol. The van der Waals surface area contributed by atoms with Gasteiger partial charge in [0, 0.05) is 23.8 Å². The number of benzene rings is 1. The highest BCUT2D eigenvalue weighted by molar-refractivity contribution is 6.31. The van der Waals surface area contributed by atoms with Gasteiger partial charge in [-0.25, -0.2) is 0 Å². The third-order valence-electron chi connectivity index (χ3n) is 5.06. The Hall–Kier alpha value is -1.10. The summed E-state index contributed by atoms with van der Waals surface area (Å²) >= 11 is 6.30. The summed E-state index contributed by atoms with van der Waals surface area (Å²) in [5, 5.41) is 0.691. The Morgan fingerprint density at radius 3 is 2.70 bits per heavy atom. The molecule has 1 aromatic carbocycles. The Morgan fingerprint density at radius 1 is 1.30 bits per heavy atom. The summed E-state index contributed by atoms with van der Waals surface area (Å²) < 4.78 is 11.4. The maximum Gasteiger partial charge on any atom is 0.229 e. The lowest BCUT2D eigenvalue weighted by molar-refractivity contribution is -0.159. The molecule has 2 aliphatic rings. The number of hydrogen-bond acceptors (Lipinski definition) is 3. The molecule has 2 atom stereocenters. The van der Waals surface area contributed by atoms with Gasteiger partial charge in [-0.15, -0.1) is 0 Å². The monoisotopic (exact) mass is 337 g/mol. The molecule has 4 nitrogen and oxygen atoms in total. The summed E-state index contributed by atoms with van der Waals surface area (Å²) in [6.45, 7) is 6.52. The van der Waals surface area contributed by atoms with E-state index in [4.69, 9.17) is 21.1 Å². The summed E-state index contributed by atoms with van der Waals surface area (Å²) in [4.78, 5) is 15.1. The zero-order chi connectivity index (χ0) is 16.4. The van der Waals surface area contributed by atoms with Crippen LogP contribution in [-0.2, 0) is 14.3 Å². The van der Waals surface area contributed by atoms with Gasteiger partial charge in [0.25, 0.3) is 0 Å². The van der Waals surface area contributed by atoms with Gasteiger partial charge in [-0.05, 0) is 25.8 Å². The van der Waals surface area contributed by atoms with Crippen LogP contribution >= 0.6 is 11.6 Å². The molecular formula is C18H24ClNO3. The molecule has 2 aliphatic heterocycles. The molecule has 0 aromatic heterocycles. The predicted octanol–water partition coefficient (Wildman–Crippen LogP) is 3.45. The van der Waals surface area contributed by atoms with Gasteiger partial charge in [-0.3, -0.25) is 4.79 Å². The van der Waals surface area contributed by atoms with E-state index in [1.54, 1.807) is 0 Å². The first-order valence-corrected chi connectivity index (χ1v) is 8.64. The van der Waals surface area contributed by atoms with E-state index in [-0.39, 0.29) is 23.5 Å². The molecule has 0 unspecified atom stereocenters. The van der Waals surface area contributed by atoms with Crippen molar-refractivity contribution in [1.82, 2.24) is 4.90 Å². The largest absolute Gasteiger partial charge is 0.381 e. The molecule has 126 valence electrons. The highest BCUT2D eigenvalue weighted by atomic mass is 35.5. The Kier molecular flexibility index (Phi) is 4.95. The topological polar surface area (TPSA) is 38.8 Å². The number of ether oxygens (including phenoxy) is 2. The molecule has 2 saturated heterocycles. The lowest BCUT2D eigenvalue weighted by atomic mass is 9.80. The van der Waals surface area contributed by atoms with Crippen LogP contribution in [0, 0.1) is 5.41 Å². The van der Waals surface area contributed by atoms with Gasteiger partial charge in [0.1, 0.15) is 6.10 Å². The average molecular weight is 338 g/mol. The Bertz CT molecular complexity index is 571. The van der Waals surface area contributed by atoms with Gasteiger partial charge in [0.05, 0.1) is 24.6 Å². The Balaban J connectivity index is 1.78. The van der Waals surface area contributed by atoms with Crippen molar-refractivity contribution in [2.75, 3.05) is 26.4 Å². The molecule has 0 aliphatic carbocycles. The van der Waals surface area contributed by atoms with Crippen molar-refractivity contribution in [2.24, 2.45) is 5.41 Å². The van der Waals surface area contributed by atoms with E-state index in [2.05, 4.69) is 6.92 Å². The third kappa shape index (κ3) is 3.39. The lowest BCUT2D eigenvalue weighted by Gasteiger charge is -2.44. The van der Waals surface area contributed by atoms with Crippen molar-refractivity contribution in [2.45, 2.75) is 38.8 Å². The minimum atomic E-state index is -0.325. The van der Waals surface area contributed by atoms with Crippen LogP contribution < -0.4 is 0 Å². The van der Waals surface area contributed by atoms with Crippen molar-refractivity contribution in [1.29, 1.82) is 0 Å². The van der Waals surface area contributed by atoms with Crippen molar-refractivity contribution in [3.05, 3.63) is 34.9 Å². The van der Waals surface area contributed by atoms with Crippen molar-refractivity contribution in [3.8, 4) is 0 Å². The number of morpholine rings is 1. The average Bonchev–Trinajstić information content (AvgIpc) is 2.56. The Labute approximate surface area is 142 Å². The van der Waals surface area contributed by atoms with Gasteiger partial charge < -0.3 is 14.4 Å². The number of halogens is 1. The number of amides is 1. The molecule has 0 N–H and O–H groups in total. The maximum atomic E-state index is 13.1. The van der Waals surface area contributed by atoms with E-state index in [0.29, 0.717) is 31.4 Å². The van der Waals surface area contributed by atoms with Crippen LogP contribution in [0.25, 0.3) is 0 Å². The molecule has 0 spiro atoms. The highest BCUT2D eigenvalue weighted by Crippen LogP contribution is 2.36. The minimum Gasteiger partial charge on any atom is -0.381 e. The van der Waals surface area contributed by atoms with Crippen LogP contribution in [0.4, 0.5) is 0 Å². The second-order valence-corrected chi connectivity index (χ2v) is 7.23. The van der Waals surface area contributed by atoms with E-state index in [9.17, 15) is 4.79 Å². The normalized spacial score (nSPS) is 27.7.